The highest BCUT2D eigenvalue weighted by atomic mass is 31.0. The fourth-order valence-corrected chi connectivity index (χ4v) is 1.06. The van der Waals surface area contributed by atoms with Gasteiger partial charge in [0.05, 0.1) is 15.7 Å². The molecule has 1 heterocycles. The fraction of sp³-hybridized carbons (Fsp3) is 0. The summed E-state index contributed by atoms with van der Waals surface area (Å²) in [6, 6.07) is 1.20. The van der Waals surface area contributed by atoms with E-state index in [1.807, 2.05) is 9.47 Å². The Kier molecular flexibility index (Phi) is 3.44. The average molecular weight is 216 g/mol. The summed E-state index contributed by atoms with van der Waals surface area (Å²) < 4.78 is 9.72. The number of nitrogens with one attached hydrogen (secondary N) is 1. The third kappa shape index (κ3) is 1.84. The van der Waals surface area contributed by atoms with Gasteiger partial charge in [-0.2, -0.15) is 5.10 Å². The van der Waals surface area contributed by atoms with Crippen LogP contribution in [0.4, 0.5) is 0 Å². The standard InChI is InChI=1S/C6H9N4O3P/c7-9-6(10-8)5-4(13-14)3(11)1-2-12-5/h1-2H,7-8,14H2,(H,9,10). The molecule has 76 valence electrons. The number of hydrazone groups is 1. The van der Waals surface area contributed by atoms with Gasteiger partial charge < -0.3 is 20.2 Å². The number of hydrogen-bond donors (Lipinski definition) is 3. The zero-order valence-electron chi connectivity index (χ0n) is 7.06. The normalized spacial score (nSPS) is 11.1. The van der Waals surface area contributed by atoms with Crippen LogP contribution in [0, 0.1) is 0 Å². The van der Waals surface area contributed by atoms with Gasteiger partial charge in [0.25, 0.3) is 0 Å². The van der Waals surface area contributed by atoms with E-state index >= 15 is 0 Å². The van der Waals surface area contributed by atoms with Gasteiger partial charge in [-0.05, 0) is 0 Å². The minimum absolute atomic E-state index is 0.0140. The maximum Gasteiger partial charge on any atom is 0.227 e. The van der Waals surface area contributed by atoms with Crippen molar-refractivity contribution in [2.24, 2.45) is 16.8 Å². The molecule has 0 radical (unpaired) electrons. The van der Waals surface area contributed by atoms with Crippen LogP contribution >= 0.6 is 9.47 Å². The van der Waals surface area contributed by atoms with Crippen LogP contribution in [-0.2, 0) is 0 Å². The highest BCUT2D eigenvalue weighted by Gasteiger charge is 2.14. The van der Waals surface area contributed by atoms with Gasteiger partial charge in [-0.25, -0.2) is 5.84 Å². The number of nitrogens with two attached hydrogens (primary N) is 2. The lowest BCUT2D eigenvalue weighted by molar-refractivity contribution is 0.496. The Morgan fingerprint density at radius 2 is 2.43 bits per heavy atom. The van der Waals surface area contributed by atoms with Crippen LogP contribution in [0.15, 0.2) is 26.6 Å². The van der Waals surface area contributed by atoms with Gasteiger partial charge in [0.15, 0.2) is 0 Å². The van der Waals surface area contributed by atoms with Crippen molar-refractivity contribution in [2.75, 3.05) is 0 Å². The van der Waals surface area contributed by atoms with Gasteiger partial charge >= 0.3 is 0 Å². The molecule has 1 unspecified atom stereocenters. The molecule has 8 heteroatoms. The van der Waals surface area contributed by atoms with Crippen molar-refractivity contribution in [3.63, 3.8) is 0 Å². The highest BCUT2D eigenvalue weighted by molar-refractivity contribution is 7.10. The molecule has 7 nitrogen and oxygen atoms in total. The number of nitrogens with zero attached hydrogens (tertiary/aromatic N) is 1. The van der Waals surface area contributed by atoms with Crippen LogP contribution in [0.5, 0.6) is 5.75 Å². The Balaban J connectivity index is 3.34. The van der Waals surface area contributed by atoms with Gasteiger partial charge in [-0.15, -0.1) is 0 Å². The Bertz CT molecular complexity index is 402. The molecule has 1 aromatic heterocycles. The molecule has 5 N–H and O–H groups in total. The summed E-state index contributed by atoms with van der Waals surface area (Å²) in [6.07, 6.45) is 1.19. The van der Waals surface area contributed by atoms with Gasteiger partial charge in [0, 0.05) is 6.07 Å². The lowest BCUT2D eigenvalue weighted by Crippen LogP contribution is -2.33. The van der Waals surface area contributed by atoms with Crippen molar-refractivity contribution in [3.05, 3.63) is 28.3 Å². The Morgan fingerprint density at radius 3 is 2.93 bits per heavy atom. The van der Waals surface area contributed by atoms with E-state index in [1.54, 1.807) is 0 Å². The maximum absolute atomic E-state index is 11.2. The number of amidine groups is 1. The van der Waals surface area contributed by atoms with E-state index in [-0.39, 0.29) is 22.8 Å². The third-order valence-electron chi connectivity index (χ3n) is 1.43. The van der Waals surface area contributed by atoms with Crippen LogP contribution in [0.25, 0.3) is 0 Å². The first kappa shape index (κ1) is 10.5. The van der Waals surface area contributed by atoms with E-state index in [0.717, 1.165) is 0 Å². The predicted molar refractivity (Wildman–Crippen MR) is 53.4 cm³/mol. The van der Waals surface area contributed by atoms with Crippen molar-refractivity contribution >= 4 is 15.3 Å². The molecule has 14 heavy (non-hydrogen) atoms. The second kappa shape index (κ2) is 4.59. The van der Waals surface area contributed by atoms with E-state index in [1.165, 1.54) is 12.3 Å². The van der Waals surface area contributed by atoms with Gasteiger partial charge in [-0.1, -0.05) is 0 Å². The molecule has 0 bridgehead atoms. The summed E-state index contributed by atoms with van der Waals surface area (Å²) in [5.74, 6) is 10.1. The summed E-state index contributed by atoms with van der Waals surface area (Å²) >= 11 is 0. The monoisotopic (exact) mass is 216 g/mol. The molecule has 0 saturated heterocycles. The summed E-state index contributed by atoms with van der Waals surface area (Å²) in [5.41, 5.74) is 1.81. The van der Waals surface area contributed by atoms with Crippen molar-refractivity contribution in [1.82, 2.24) is 5.43 Å². The van der Waals surface area contributed by atoms with E-state index in [9.17, 15) is 4.79 Å². The molecule has 1 aromatic rings. The summed E-state index contributed by atoms with van der Waals surface area (Å²) in [5, 5.41) is 3.29. The predicted octanol–water partition coefficient (Wildman–Crippen LogP) is -1.11. The highest BCUT2D eigenvalue weighted by Crippen LogP contribution is 2.14. The fourth-order valence-electron chi connectivity index (χ4n) is 0.841. The minimum Gasteiger partial charge on any atom is -0.472 e. The van der Waals surface area contributed by atoms with Gasteiger partial charge in [0.1, 0.15) is 0 Å². The smallest absolute Gasteiger partial charge is 0.227 e. The zero-order valence-corrected chi connectivity index (χ0v) is 8.21. The number of hydrogen-bond acceptors (Lipinski definition) is 6. The number of rotatable bonds is 2. The molecule has 1 rings (SSSR count). The van der Waals surface area contributed by atoms with Gasteiger partial charge in [-0.3, -0.25) is 4.79 Å². The van der Waals surface area contributed by atoms with E-state index < -0.39 is 0 Å². The van der Waals surface area contributed by atoms with E-state index in [4.69, 9.17) is 20.6 Å². The maximum atomic E-state index is 11.2. The molecular weight excluding hydrogens is 207 g/mol. The molecule has 0 saturated carbocycles. The second-order valence-electron chi connectivity index (χ2n) is 2.18. The van der Waals surface area contributed by atoms with Crippen LogP contribution < -0.4 is 27.1 Å². The Hall–Kier alpha value is -1.59. The number of hydrazine groups is 1. The molecule has 0 fully saturated rings. The summed E-state index contributed by atoms with van der Waals surface area (Å²) in [7, 11) is 1.92. The van der Waals surface area contributed by atoms with Crippen LogP contribution in [0.3, 0.4) is 0 Å². The second-order valence-corrected chi connectivity index (χ2v) is 2.42. The Labute approximate surface area is 81.4 Å². The molecule has 0 aliphatic carbocycles. The summed E-state index contributed by atoms with van der Waals surface area (Å²) in [4.78, 5) is 11.2. The summed E-state index contributed by atoms with van der Waals surface area (Å²) in [6.45, 7) is 0. The van der Waals surface area contributed by atoms with Crippen LogP contribution in [-0.4, -0.2) is 5.84 Å². The van der Waals surface area contributed by atoms with Crippen molar-refractivity contribution in [2.45, 2.75) is 0 Å². The average Bonchev–Trinajstić information content (AvgIpc) is 2.20. The first-order valence-corrected chi connectivity index (χ1v) is 3.95. The SMILES string of the molecule is N/N=C(\NN)c1occc(=O)c1OP. The van der Waals surface area contributed by atoms with E-state index in [2.05, 4.69) is 10.5 Å². The molecule has 0 aromatic carbocycles. The topological polar surface area (TPSA) is 116 Å². The van der Waals surface area contributed by atoms with Crippen molar-refractivity contribution in [1.29, 1.82) is 0 Å². The lowest BCUT2D eigenvalue weighted by atomic mass is 10.3. The minimum atomic E-state index is -0.363. The van der Waals surface area contributed by atoms with Crippen molar-refractivity contribution in [3.8, 4) is 5.75 Å². The molecule has 0 spiro atoms. The molecule has 0 aliphatic rings. The van der Waals surface area contributed by atoms with E-state index in [0.29, 0.717) is 0 Å². The molecule has 0 aliphatic heterocycles. The molecule has 1 atom stereocenters. The Morgan fingerprint density at radius 1 is 1.71 bits per heavy atom. The van der Waals surface area contributed by atoms with Crippen molar-refractivity contribution < 1.29 is 8.94 Å². The molecular formula is C6H9N4O3P. The first-order valence-electron chi connectivity index (χ1n) is 3.48. The quantitative estimate of drug-likeness (QED) is 0.190. The third-order valence-corrected chi connectivity index (χ3v) is 1.67. The van der Waals surface area contributed by atoms with Gasteiger partial charge in [0.2, 0.25) is 22.8 Å². The van der Waals surface area contributed by atoms with Crippen LogP contribution in [0.2, 0.25) is 0 Å². The van der Waals surface area contributed by atoms with Crippen LogP contribution in [0.1, 0.15) is 5.76 Å². The first-order chi connectivity index (χ1) is 6.74. The largest absolute Gasteiger partial charge is 0.472 e. The zero-order chi connectivity index (χ0) is 10.6. The molecule has 0 amide bonds. The lowest BCUT2D eigenvalue weighted by Gasteiger charge is -2.06.